The van der Waals surface area contributed by atoms with Crippen LogP contribution < -0.4 is 15.0 Å². The van der Waals surface area contributed by atoms with Gasteiger partial charge in [-0.15, -0.1) is 10.2 Å². The third-order valence-corrected chi connectivity index (χ3v) is 5.28. The first-order valence-corrected chi connectivity index (χ1v) is 9.98. The fraction of sp³-hybridized carbons (Fsp3) is 0.500. The highest BCUT2D eigenvalue weighted by molar-refractivity contribution is 7.99. The summed E-state index contributed by atoms with van der Waals surface area (Å²) in [6.07, 6.45) is 0. The van der Waals surface area contributed by atoms with Crippen molar-refractivity contribution in [2.75, 3.05) is 44.1 Å². The highest BCUT2D eigenvalue weighted by Crippen LogP contribution is 2.22. The molecule has 0 saturated carbocycles. The van der Waals surface area contributed by atoms with Crippen LogP contribution in [-0.4, -0.2) is 59.8 Å². The van der Waals surface area contributed by atoms with Crippen molar-refractivity contribution in [2.45, 2.75) is 25.2 Å². The minimum absolute atomic E-state index is 0.0514. The third kappa shape index (κ3) is 4.92. The summed E-state index contributed by atoms with van der Waals surface area (Å²) in [5, 5.41) is 12.3. The van der Waals surface area contributed by atoms with Crippen LogP contribution >= 0.6 is 11.8 Å². The van der Waals surface area contributed by atoms with E-state index in [2.05, 4.69) is 27.3 Å². The van der Waals surface area contributed by atoms with Crippen LogP contribution in [0.5, 0.6) is 5.75 Å². The van der Waals surface area contributed by atoms with E-state index in [0.29, 0.717) is 19.8 Å². The highest BCUT2D eigenvalue weighted by atomic mass is 32.2. The van der Waals surface area contributed by atoms with Crippen LogP contribution in [0.3, 0.4) is 0 Å². The van der Waals surface area contributed by atoms with Crippen molar-refractivity contribution in [3.63, 3.8) is 0 Å². The van der Waals surface area contributed by atoms with Crippen LogP contribution in [0.25, 0.3) is 0 Å². The number of nitrogens with zero attached hydrogens (tertiary/aromatic N) is 4. The quantitative estimate of drug-likeness (QED) is 0.684. The molecule has 9 heteroatoms. The molecule has 0 bridgehead atoms. The van der Waals surface area contributed by atoms with E-state index in [1.54, 1.807) is 7.11 Å². The van der Waals surface area contributed by atoms with Crippen LogP contribution in [0, 0.1) is 0 Å². The summed E-state index contributed by atoms with van der Waals surface area (Å²) in [4.78, 5) is 14.4. The van der Waals surface area contributed by atoms with Crippen molar-refractivity contribution in [3.05, 3.63) is 29.8 Å². The van der Waals surface area contributed by atoms with Gasteiger partial charge in [-0.25, -0.2) is 0 Å². The molecule has 1 N–H and O–H groups in total. The number of amides is 1. The van der Waals surface area contributed by atoms with Crippen LogP contribution in [0.4, 0.5) is 5.95 Å². The van der Waals surface area contributed by atoms with Gasteiger partial charge in [0.05, 0.1) is 26.1 Å². The zero-order valence-corrected chi connectivity index (χ0v) is 16.5. The number of methoxy groups -OCH3 is 1. The number of aromatic nitrogens is 3. The summed E-state index contributed by atoms with van der Waals surface area (Å²) in [5.41, 5.74) is 0.949. The Labute approximate surface area is 163 Å². The molecule has 0 aliphatic carbocycles. The normalized spacial score (nSPS) is 14.2. The van der Waals surface area contributed by atoms with E-state index >= 15 is 0 Å². The molecule has 0 radical (unpaired) electrons. The van der Waals surface area contributed by atoms with Gasteiger partial charge in [0.15, 0.2) is 5.16 Å². The fourth-order valence-electron chi connectivity index (χ4n) is 2.89. The molecule has 1 fully saturated rings. The van der Waals surface area contributed by atoms with Crippen molar-refractivity contribution < 1.29 is 14.3 Å². The lowest BCUT2D eigenvalue weighted by molar-refractivity contribution is -0.118. The molecule has 2 heterocycles. The zero-order chi connectivity index (χ0) is 19.1. The van der Waals surface area contributed by atoms with Gasteiger partial charge < -0.3 is 19.7 Å². The van der Waals surface area contributed by atoms with Gasteiger partial charge in [0.2, 0.25) is 11.9 Å². The monoisotopic (exact) mass is 391 g/mol. The van der Waals surface area contributed by atoms with Crippen molar-refractivity contribution in [1.82, 2.24) is 20.1 Å². The number of para-hydroxylation sites is 1. The Bertz CT molecular complexity index is 761. The van der Waals surface area contributed by atoms with E-state index in [1.807, 2.05) is 28.8 Å². The van der Waals surface area contributed by atoms with E-state index in [-0.39, 0.29) is 11.7 Å². The topological polar surface area (TPSA) is 81.5 Å². The van der Waals surface area contributed by atoms with Crippen LogP contribution in [0.1, 0.15) is 12.5 Å². The third-order valence-electron chi connectivity index (χ3n) is 4.31. The Morgan fingerprint density at radius 2 is 2.07 bits per heavy atom. The van der Waals surface area contributed by atoms with Crippen molar-refractivity contribution in [2.24, 2.45) is 0 Å². The van der Waals surface area contributed by atoms with Gasteiger partial charge in [-0.05, 0) is 13.0 Å². The number of hydrogen-bond acceptors (Lipinski definition) is 7. The molecular formula is C18H25N5O3S. The maximum atomic E-state index is 12.2. The average molecular weight is 391 g/mol. The molecule has 1 amide bonds. The summed E-state index contributed by atoms with van der Waals surface area (Å²) in [7, 11) is 1.63. The Balaban J connectivity index is 1.55. The van der Waals surface area contributed by atoms with Crippen molar-refractivity contribution in [3.8, 4) is 5.75 Å². The Hall–Kier alpha value is -2.26. The molecule has 0 unspecified atom stereocenters. The van der Waals surface area contributed by atoms with Gasteiger partial charge in [0.1, 0.15) is 5.75 Å². The maximum absolute atomic E-state index is 12.2. The molecular weight excluding hydrogens is 366 g/mol. The number of hydrogen-bond donors (Lipinski definition) is 1. The average Bonchev–Trinajstić information content (AvgIpc) is 3.14. The van der Waals surface area contributed by atoms with Crippen molar-refractivity contribution in [1.29, 1.82) is 0 Å². The SMILES string of the molecule is CCn1c(SCC(=O)NCc2ccccc2OC)nnc1N1CCOCC1. The molecule has 27 heavy (non-hydrogen) atoms. The van der Waals surface area contributed by atoms with Gasteiger partial charge in [0, 0.05) is 31.7 Å². The Morgan fingerprint density at radius 1 is 1.30 bits per heavy atom. The van der Waals surface area contributed by atoms with E-state index in [4.69, 9.17) is 9.47 Å². The van der Waals surface area contributed by atoms with Gasteiger partial charge >= 0.3 is 0 Å². The summed E-state index contributed by atoms with van der Waals surface area (Å²) in [5.74, 6) is 1.85. The van der Waals surface area contributed by atoms with E-state index in [9.17, 15) is 4.79 Å². The molecule has 1 aromatic carbocycles. The second kappa shape index (κ2) is 9.61. The largest absolute Gasteiger partial charge is 0.496 e. The number of morpholine rings is 1. The number of carbonyl (C=O) groups is 1. The number of ether oxygens (including phenoxy) is 2. The smallest absolute Gasteiger partial charge is 0.230 e. The van der Waals surface area contributed by atoms with Crippen LogP contribution in [0.15, 0.2) is 29.4 Å². The standard InChI is InChI=1S/C18H25N5O3S/c1-3-23-17(22-8-10-26-11-9-22)20-21-18(23)27-13-16(24)19-12-14-6-4-5-7-15(14)25-2/h4-7H,3,8-13H2,1-2H3,(H,19,24). The predicted molar refractivity (Wildman–Crippen MR) is 104 cm³/mol. The minimum atomic E-state index is -0.0514. The second-order valence-corrected chi connectivity index (χ2v) is 6.95. The molecule has 8 nitrogen and oxygen atoms in total. The lowest BCUT2D eigenvalue weighted by atomic mass is 10.2. The summed E-state index contributed by atoms with van der Waals surface area (Å²) < 4.78 is 12.7. The molecule has 146 valence electrons. The number of anilines is 1. The Morgan fingerprint density at radius 3 is 2.81 bits per heavy atom. The molecule has 0 spiro atoms. The number of nitrogens with one attached hydrogen (secondary N) is 1. The van der Waals surface area contributed by atoms with Gasteiger partial charge in [-0.1, -0.05) is 30.0 Å². The van der Waals surface area contributed by atoms with Gasteiger partial charge in [0.25, 0.3) is 0 Å². The minimum Gasteiger partial charge on any atom is -0.496 e. The first-order valence-electron chi connectivity index (χ1n) is 9.00. The Kier molecular flexibility index (Phi) is 6.94. The molecule has 0 atom stereocenters. The van der Waals surface area contributed by atoms with E-state index in [1.165, 1.54) is 11.8 Å². The van der Waals surface area contributed by atoms with E-state index < -0.39 is 0 Å². The molecule has 1 aliphatic heterocycles. The molecule has 1 aliphatic rings. The van der Waals surface area contributed by atoms with Crippen molar-refractivity contribution >= 4 is 23.6 Å². The zero-order valence-electron chi connectivity index (χ0n) is 15.7. The number of benzene rings is 1. The summed E-state index contributed by atoms with van der Waals surface area (Å²) >= 11 is 1.40. The second-order valence-electron chi connectivity index (χ2n) is 6.00. The summed E-state index contributed by atoms with van der Waals surface area (Å²) in [6.45, 7) is 6.26. The molecule has 2 aromatic rings. The number of carbonyl (C=O) groups excluding carboxylic acids is 1. The first-order chi connectivity index (χ1) is 13.2. The van der Waals surface area contributed by atoms with E-state index in [0.717, 1.165) is 42.1 Å². The van der Waals surface area contributed by atoms with Gasteiger partial charge in [-0.3, -0.25) is 9.36 Å². The van der Waals surface area contributed by atoms with Gasteiger partial charge in [-0.2, -0.15) is 0 Å². The lowest BCUT2D eigenvalue weighted by Crippen LogP contribution is -2.38. The highest BCUT2D eigenvalue weighted by Gasteiger charge is 2.20. The number of thioether (sulfide) groups is 1. The molecule has 3 rings (SSSR count). The fourth-order valence-corrected chi connectivity index (χ4v) is 3.71. The maximum Gasteiger partial charge on any atom is 0.230 e. The lowest BCUT2D eigenvalue weighted by Gasteiger charge is -2.27. The predicted octanol–water partition coefficient (Wildman–Crippen LogP) is 1.55. The number of rotatable bonds is 8. The summed E-state index contributed by atoms with van der Waals surface area (Å²) in [6, 6.07) is 7.65. The van der Waals surface area contributed by atoms with Crippen LogP contribution in [-0.2, 0) is 22.6 Å². The molecule has 1 aromatic heterocycles. The molecule has 1 saturated heterocycles. The first kappa shape index (κ1) is 19.5. The van der Waals surface area contributed by atoms with Crippen LogP contribution in [0.2, 0.25) is 0 Å².